The Kier molecular flexibility index (Phi) is 5.07. The van der Waals surface area contributed by atoms with E-state index in [4.69, 9.17) is 9.47 Å². The van der Waals surface area contributed by atoms with Crippen LogP contribution in [-0.4, -0.2) is 32.4 Å². The molecule has 0 radical (unpaired) electrons. The number of hydrogen-bond acceptors (Lipinski definition) is 4. The standard InChI is InChI=1S/C14H20BrNO3/c1-18-11-4-3-10(14(19-2)12(11)15)13(17)9-5-7-16-8-6-9/h3-4,9,13,16-17H,5-8H2,1-2H3. The van der Waals surface area contributed by atoms with Crippen LogP contribution >= 0.6 is 15.9 Å². The van der Waals surface area contributed by atoms with Crippen LogP contribution in [0.2, 0.25) is 0 Å². The molecular formula is C14H20BrNO3. The summed E-state index contributed by atoms with van der Waals surface area (Å²) in [6, 6.07) is 3.74. The minimum atomic E-state index is -0.501. The normalized spacial score (nSPS) is 18.1. The van der Waals surface area contributed by atoms with Gasteiger partial charge in [0.15, 0.2) is 0 Å². The molecule has 19 heavy (non-hydrogen) atoms. The topological polar surface area (TPSA) is 50.7 Å². The zero-order valence-corrected chi connectivity index (χ0v) is 12.9. The lowest BCUT2D eigenvalue weighted by Gasteiger charge is -2.28. The predicted molar refractivity (Wildman–Crippen MR) is 77.8 cm³/mol. The van der Waals surface area contributed by atoms with Gasteiger partial charge in [-0.05, 0) is 59.9 Å². The number of rotatable bonds is 4. The van der Waals surface area contributed by atoms with Crippen molar-refractivity contribution >= 4 is 15.9 Å². The number of hydrogen-bond donors (Lipinski definition) is 2. The van der Waals surface area contributed by atoms with Crippen molar-refractivity contribution in [3.8, 4) is 11.5 Å². The first kappa shape index (κ1) is 14.6. The molecular weight excluding hydrogens is 310 g/mol. The Bertz CT molecular complexity index is 433. The second-order valence-corrected chi connectivity index (χ2v) is 5.53. The number of ether oxygens (including phenoxy) is 2. The Morgan fingerprint density at radius 1 is 1.26 bits per heavy atom. The van der Waals surface area contributed by atoms with Gasteiger partial charge in [0, 0.05) is 5.56 Å². The smallest absolute Gasteiger partial charge is 0.142 e. The van der Waals surface area contributed by atoms with E-state index in [1.807, 2.05) is 12.1 Å². The molecule has 0 spiro atoms. The van der Waals surface area contributed by atoms with E-state index in [1.165, 1.54) is 0 Å². The van der Waals surface area contributed by atoms with Crippen LogP contribution in [0.25, 0.3) is 0 Å². The van der Waals surface area contributed by atoms with Gasteiger partial charge in [-0.1, -0.05) is 0 Å². The molecule has 5 heteroatoms. The van der Waals surface area contributed by atoms with Crippen molar-refractivity contribution in [3.63, 3.8) is 0 Å². The SMILES string of the molecule is COc1ccc(C(O)C2CCNCC2)c(OC)c1Br. The second-order valence-electron chi connectivity index (χ2n) is 4.74. The lowest BCUT2D eigenvalue weighted by Crippen LogP contribution is -2.31. The van der Waals surface area contributed by atoms with Crippen LogP contribution in [0.3, 0.4) is 0 Å². The molecule has 1 aliphatic heterocycles. The molecule has 0 aliphatic carbocycles. The fourth-order valence-electron chi connectivity index (χ4n) is 2.56. The van der Waals surface area contributed by atoms with Crippen molar-refractivity contribution in [2.45, 2.75) is 18.9 Å². The highest BCUT2D eigenvalue weighted by molar-refractivity contribution is 9.10. The highest BCUT2D eigenvalue weighted by Crippen LogP contribution is 2.42. The zero-order chi connectivity index (χ0) is 13.8. The van der Waals surface area contributed by atoms with Crippen molar-refractivity contribution in [3.05, 3.63) is 22.2 Å². The van der Waals surface area contributed by atoms with Crippen LogP contribution in [0.15, 0.2) is 16.6 Å². The summed E-state index contributed by atoms with van der Waals surface area (Å²) in [5, 5.41) is 13.9. The fourth-order valence-corrected chi connectivity index (χ4v) is 3.25. The van der Waals surface area contributed by atoms with Crippen molar-refractivity contribution in [2.75, 3.05) is 27.3 Å². The van der Waals surface area contributed by atoms with Gasteiger partial charge in [0.25, 0.3) is 0 Å². The summed E-state index contributed by atoms with van der Waals surface area (Å²) in [7, 11) is 3.22. The quantitative estimate of drug-likeness (QED) is 0.891. The lowest BCUT2D eigenvalue weighted by atomic mass is 9.88. The average Bonchev–Trinajstić information content (AvgIpc) is 2.47. The summed E-state index contributed by atoms with van der Waals surface area (Å²) in [6.07, 6.45) is 1.46. The molecule has 0 amide bonds. The summed E-state index contributed by atoms with van der Waals surface area (Å²) < 4.78 is 11.4. The minimum absolute atomic E-state index is 0.274. The number of halogens is 1. The summed E-state index contributed by atoms with van der Waals surface area (Å²) in [5.74, 6) is 1.64. The highest BCUT2D eigenvalue weighted by Gasteiger charge is 2.27. The minimum Gasteiger partial charge on any atom is -0.495 e. The molecule has 1 aromatic carbocycles. The third kappa shape index (κ3) is 3.04. The van der Waals surface area contributed by atoms with Crippen molar-refractivity contribution in [1.29, 1.82) is 0 Å². The third-order valence-corrected chi connectivity index (χ3v) is 4.42. The van der Waals surface area contributed by atoms with Gasteiger partial charge < -0.3 is 19.9 Å². The van der Waals surface area contributed by atoms with Crippen LogP contribution in [0, 0.1) is 5.92 Å². The molecule has 1 aromatic rings. The molecule has 1 heterocycles. The molecule has 2 rings (SSSR count). The largest absolute Gasteiger partial charge is 0.495 e. The van der Waals surface area contributed by atoms with Gasteiger partial charge in [-0.3, -0.25) is 0 Å². The molecule has 4 nitrogen and oxygen atoms in total. The molecule has 1 unspecified atom stereocenters. The predicted octanol–water partition coefficient (Wildman–Crippen LogP) is 2.50. The van der Waals surface area contributed by atoms with Crippen LogP contribution in [0.4, 0.5) is 0 Å². The molecule has 0 bridgehead atoms. The van der Waals surface area contributed by atoms with Gasteiger partial charge in [-0.15, -0.1) is 0 Å². The number of benzene rings is 1. The van der Waals surface area contributed by atoms with Crippen molar-refractivity contribution in [2.24, 2.45) is 5.92 Å². The number of nitrogens with one attached hydrogen (secondary N) is 1. The van der Waals surface area contributed by atoms with Gasteiger partial charge in [0.05, 0.1) is 20.3 Å². The van der Waals surface area contributed by atoms with E-state index < -0.39 is 6.10 Å². The molecule has 1 aliphatic rings. The van der Waals surface area contributed by atoms with E-state index in [0.717, 1.165) is 36.0 Å². The van der Waals surface area contributed by atoms with E-state index in [0.29, 0.717) is 11.5 Å². The monoisotopic (exact) mass is 329 g/mol. The van der Waals surface area contributed by atoms with Crippen LogP contribution in [0.1, 0.15) is 24.5 Å². The summed E-state index contributed by atoms with van der Waals surface area (Å²) in [4.78, 5) is 0. The van der Waals surface area contributed by atoms with E-state index >= 15 is 0 Å². The first-order chi connectivity index (χ1) is 9.19. The Labute approximate surface area is 122 Å². The maximum absolute atomic E-state index is 10.6. The summed E-state index contributed by atoms with van der Waals surface area (Å²) in [5.41, 5.74) is 0.821. The number of aliphatic hydroxyl groups is 1. The second kappa shape index (κ2) is 6.59. The fraction of sp³-hybridized carbons (Fsp3) is 0.571. The lowest BCUT2D eigenvalue weighted by molar-refractivity contribution is 0.0863. The van der Waals surface area contributed by atoms with Gasteiger partial charge in [0.2, 0.25) is 0 Å². The number of methoxy groups -OCH3 is 2. The zero-order valence-electron chi connectivity index (χ0n) is 11.3. The van der Waals surface area contributed by atoms with Gasteiger partial charge in [-0.25, -0.2) is 0 Å². The summed E-state index contributed by atoms with van der Waals surface area (Å²) in [6.45, 7) is 1.92. The number of piperidine rings is 1. The van der Waals surface area contributed by atoms with E-state index in [-0.39, 0.29) is 5.92 Å². The first-order valence-corrected chi connectivity index (χ1v) is 7.27. The molecule has 2 N–H and O–H groups in total. The van der Waals surface area contributed by atoms with E-state index in [1.54, 1.807) is 14.2 Å². The molecule has 1 saturated heterocycles. The maximum atomic E-state index is 10.6. The summed E-state index contributed by atoms with van der Waals surface area (Å²) >= 11 is 3.47. The van der Waals surface area contributed by atoms with Gasteiger partial charge in [-0.2, -0.15) is 0 Å². The van der Waals surface area contributed by atoms with E-state index in [2.05, 4.69) is 21.2 Å². The van der Waals surface area contributed by atoms with Crippen molar-refractivity contribution in [1.82, 2.24) is 5.32 Å². The Morgan fingerprint density at radius 2 is 1.95 bits per heavy atom. The Hall–Kier alpha value is -0.780. The molecule has 1 atom stereocenters. The third-order valence-electron chi connectivity index (χ3n) is 3.67. The molecule has 1 fully saturated rings. The number of aliphatic hydroxyl groups excluding tert-OH is 1. The van der Waals surface area contributed by atoms with Crippen LogP contribution in [0.5, 0.6) is 11.5 Å². The maximum Gasteiger partial charge on any atom is 0.142 e. The van der Waals surface area contributed by atoms with Gasteiger partial charge in [0.1, 0.15) is 16.0 Å². The highest BCUT2D eigenvalue weighted by atomic mass is 79.9. The average molecular weight is 330 g/mol. The van der Waals surface area contributed by atoms with E-state index in [9.17, 15) is 5.11 Å². The Balaban J connectivity index is 2.30. The first-order valence-electron chi connectivity index (χ1n) is 6.48. The van der Waals surface area contributed by atoms with Crippen LogP contribution < -0.4 is 14.8 Å². The van der Waals surface area contributed by atoms with Gasteiger partial charge >= 0.3 is 0 Å². The molecule has 106 valence electrons. The van der Waals surface area contributed by atoms with Crippen molar-refractivity contribution < 1.29 is 14.6 Å². The molecule has 0 saturated carbocycles. The Morgan fingerprint density at radius 3 is 2.53 bits per heavy atom. The van der Waals surface area contributed by atoms with Crippen LogP contribution in [-0.2, 0) is 0 Å². The molecule has 0 aromatic heterocycles.